The second-order valence-corrected chi connectivity index (χ2v) is 4.03. The van der Waals surface area contributed by atoms with Crippen molar-refractivity contribution >= 4 is 17.8 Å². The number of benzene rings is 1. The Hall–Kier alpha value is -2.56. The van der Waals surface area contributed by atoms with E-state index in [-0.39, 0.29) is 12.5 Å². The number of carbonyl (C=O) groups is 1. The Labute approximate surface area is 111 Å². The maximum Gasteiger partial charge on any atom is 0.259 e. The van der Waals surface area contributed by atoms with Crippen LogP contribution in [-0.4, -0.2) is 18.7 Å². The summed E-state index contributed by atoms with van der Waals surface area (Å²) in [7, 11) is 0. The zero-order valence-electron chi connectivity index (χ0n) is 10.6. The Morgan fingerprint density at radius 2 is 2.26 bits per heavy atom. The molecule has 0 atom stereocenters. The van der Waals surface area contributed by atoms with Crippen molar-refractivity contribution in [2.24, 2.45) is 5.10 Å². The van der Waals surface area contributed by atoms with Crippen molar-refractivity contribution in [3.8, 4) is 0 Å². The molecule has 0 aliphatic carbocycles. The average molecular weight is 257 g/mol. The second kappa shape index (κ2) is 6.39. The van der Waals surface area contributed by atoms with Crippen molar-refractivity contribution in [1.82, 2.24) is 5.43 Å². The normalized spacial score (nSPS) is 10.6. The minimum Gasteiger partial charge on any atom is -0.463 e. The Morgan fingerprint density at radius 3 is 3.00 bits per heavy atom. The number of hydrazone groups is 1. The quantitative estimate of drug-likeness (QED) is 0.637. The van der Waals surface area contributed by atoms with Crippen LogP contribution in [0.15, 0.2) is 52.2 Å². The van der Waals surface area contributed by atoms with E-state index >= 15 is 0 Å². The number of carbonyl (C=O) groups excluding carboxylic acids is 1. The van der Waals surface area contributed by atoms with Gasteiger partial charge >= 0.3 is 0 Å². The fourth-order valence-corrected chi connectivity index (χ4v) is 1.51. The van der Waals surface area contributed by atoms with Crippen molar-refractivity contribution < 1.29 is 9.21 Å². The Bertz CT molecular complexity index is 562. The predicted molar refractivity (Wildman–Crippen MR) is 74.1 cm³/mol. The molecule has 0 unspecified atom stereocenters. The molecule has 0 saturated heterocycles. The number of hydrogen-bond acceptors (Lipinski definition) is 4. The molecule has 0 radical (unpaired) electrons. The predicted octanol–water partition coefficient (Wildman–Crippen LogP) is 2.15. The monoisotopic (exact) mass is 257 g/mol. The van der Waals surface area contributed by atoms with Crippen molar-refractivity contribution in [1.29, 1.82) is 0 Å². The van der Waals surface area contributed by atoms with E-state index in [9.17, 15) is 4.79 Å². The summed E-state index contributed by atoms with van der Waals surface area (Å²) < 4.78 is 5.04. The summed E-state index contributed by atoms with van der Waals surface area (Å²) in [4.78, 5) is 11.5. The van der Waals surface area contributed by atoms with Gasteiger partial charge in [0.05, 0.1) is 19.0 Å². The summed E-state index contributed by atoms with van der Waals surface area (Å²) in [6.07, 6.45) is 2.99. The molecule has 19 heavy (non-hydrogen) atoms. The summed E-state index contributed by atoms with van der Waals surface area (Å²) >= 11 is 0. The molecule has 0 saturated carbocycles. The van der Waals surface area contributed by atoms with Crippen LogP contribution in [0.5, 0.6) is 0 Å². The van der Waals surface area contributed by atoms with E-state index in [1.807, 2.05) is 31.2 Å². The maximum absolute atomic E-state index is 11.5. The molecule has 1 amide bonds. The van der Waals surface area contributed by atoms with Gasteiger partial charge in [-0.25, -0.2) is 5.43 Å². The van der Waals surface area contributed by atoms with E-state index in [1.54, 1.807) is 18.4 Å². The van der Waals surface area contributed by atoms with Gasteiger partial charge in [0.25, 0.3) is 5.91 Å². The third-order valence-electron chi connectivity index (χ3n) is 2.40. The fourth-order valence-electron chi connectivity index (χ4n) is 1.51. The first-order valence-corrected chi connectivity index (χ1v) is 5.90. The summed E-state index contributed by atoms with van der Waals surface area (Å²) in [5, 5.41) is 6.80. The van der Waals surface area contributed by atoms with Crippen LogP contribution in [0, 0.1) is 6.92 Å². The number of furan rings is 1. The smallest absolute Gasteiger partial charge is 0.259 e. The van der Waals surface area contributed by atoms with E-state index in [0.29, 0.717) is 5.76 Å². The van der Waals surface area contributed by atoms with Gasteiger partial charge in [0, 0.05) is 5.69 Å². The van der Waals surface area contributed by atoms with Gasteiger partial charge in [0.1, 0.15) is 5.76 Å². The first-order chi connectivity index (χ1) is 9.24. The van der Waals surface area contributed by atoms with E-state index in [2.05, 4.69) is 15.8 Å². The van der Waals surface area contributed by atoms with Crippen LogP contribution in [0.1, 0.15) is 11.3 Å². The van der Waals surface area contributed by atoms with Crippen LogP contribution in [0.4, 0.5) is 5.69 Å². The third-order valence-corrected chi connectivity index (χ3v) is 2.40. The molecule has 0 aliphatic heterocycles. The molecule has 0 fully saturated rings. The standard InChI is InChI=1S/C14H15N3O2/c1-11-4-2-5-12(8-11)15-10-14(18)17-16-9-13-6-3-7-19-13/h2-9,15H,10H2,1H3,(H,17,18). The van der Waals surface area contributed by atoms with Crippen molar-refractivity contribution in [2.75, 3.05) is 11.9 Å². The number of nitrogens with zero attached hydrogens (tertiary/aromatic N) is 1. The number of nitrogens with one attached hydrogen (secondary N) is 2. The summed E-state index contributed by atoms with van der Waals surface area (Å²) in [6.45, 7) is 2.16. The first-order valence-electron chi connectivity index (χ1n) is 5.90. The molecule has 0 spiro atoms. The average Bonchev–Trinajstić information content (AvgIpc) is 2.90. The van der Waals surface area contributed by atoms with Crippen LogP contribution in [0.2, 0.25) is 0 Å². The highest BCUT2D eigenvalue weighted by atomic mass is 16.3. The number of amides is 1. The molecule has 1 heterocycles. The molecule has 5 nitrogen and oxygen atoms in total. The van der Waals surface area contributed by atoms with Gasteiger partial charge in [-0.3, -0.25) is 4.79 Å². The Balaban J connectivity index is 1.76. The van der Waals surface area contributed by atoms with E-state index in [0.717, 1.165) is 11.3 Å². The maximum atomic E-state index is 11.5. The van der Waals surface area contributed by atoms with Gasteiger partial charge in [-0.05, 0) is 36.8 Å². The highest BCUT2D eigenvalue weighted by Crippen LogP contribution is 2.08. The Morgan fingerprint density at radius 1 is 1.37 bits per heavy atom. The summed E-state index contributed by atoms with van der Waals surface area (Å²) in [6, 6.07) is 11.3. The number of aryl methyl sites for hydroxylation is 1. The molecule has 2 rings (SSSR count). The van der Waals surface area contributed by atoms with Crippen LogP contribution in [0.3, 0.4) is 0 Å². The molecule has 1 aromatic carbocycles. The molecule has 0 bridgehead atoms. The lowest BCUT2D eigenvalue weighted by Crippen LogP contribution is -2.25. The molecule has 5 heteroatoms. The highest BCUT2D eigenvalue weighted by molar-refractivity contribution is 5.83. The van der Waals surface area contributed by atoms with E-state index in [1.165, 1.54) is 6.21 Å². The van der Waals surface area contributed by atoms with E-state index in [4.69, 9.17) is 4.42 Å². The van der Waals surface area contributed by atoms with Gasteiger partial charge in [0.15, 0.2) is 0 Å². The zero-order chi connectivity index (χ0) is 13.5. The lowest BCUT2D eigenvalue weighted by molar-refractivity contribution is -0.119. The largest absolute Gasteiger partial charge is 0.463 e. The lowest BCUT2D eigenvalue weighted by Gasteiger charge is -2.05. The first kappa shape index (κ1) is 12.9. The third kappa shape index (κ3) is 4.31. The van der Waals surface area contributed by atoms with Crippen LogP contribution in [0.25, 0.3) is 0 Å². The molecule has 0 aliphatic rings. The summed E-state index contributed by atoms with van der Waals surface area (Å²) in [5.74, 6) is 0.372. The minimum absolute atomic E-state index is 0.166. The van der Waals surface area contributed by atoms with Crippen LogP contribution in [-0.2, 0) is 4.79 Å². The molecule has 1 aromatic heterocycles. The van der Waals surface area contributed by atoms with Crippen molar-refractivity contribution in [3.63, 3.8) is 0 Å². The highest BCUT2D eigenvalue weighted by Gasteiger charge is 1.99. The Kier molecular flexibility index (Phi) is 4.34. The van der Waals surface area contributed by atoms with Crippen LogP contribution < -0.4 is 10.7 Å². The van der Waals surface area contributed by atoms with Gasteiger partial charge in [-0.2, -0.15) is 5.10 Å². The SMILES string of the molecule is Cc1cccc(NCC(=O)NN=Cc2ccco2)c1. The van der Waals surface area contributed by atoms with E-state index < -0.39 is 0 Å². The molecule has 2 aromatic rings. The molecular weight excluding hydrogens is 242 g/mol. The number of hydrogen-bond donors (Lipinski definition) is 2. The van der Waals surface area contributed by atoms with Gasteiger partial charge in [-0.1, -0.05) is 12.1 Å². The molecular formula is C14H15N3O2. The van der Waals surface area contributed by atoms with Gasteiger partial charge in [-0.15, -0.1) is 0 Å². The fraction of sp³-hybridized carbons (Fsp3) is 0.143. The molecule has 98 valence electrons. The van der Waals surface area contributed by atoms with Gasteiger partial charge < -0.3 is 9.73 Å². The molecule has 2 N–H and O–H groups in total. The lowest BCUT2D eigenvalue weighted by atomic mass is 10.2. The number of anilines is 1. The summed E-state index contributed by atoms with van der Waals surface area (Å²) in [5.41, 5.74) is 4.46. The van der Waals surface area contributed by atoms with Crippen molar-refractivity contribution in [3.05, 3.63) is 54.0 Å². The minimum atomic E-state index is -0.218. The van der Waals surface area contributed by atoms with Crippen LogP contribution >= 0.6 is 0 Å². The topological polar surface area (TPSA) is 66.6 Å². The second-order valence-electron chi connectivity index (χ2n) is 4.03. The van der Waals surface area contributed by atoms with Crippen molar-refractivity contribution in [2.45, 2.75) is 6.92 Å². The zero-order valence-corrected chi connectivity index (χ0v) is 10.6. The van der Waals surface area contributed by atoms with Gasteiger partial charge in [0.2, 0.25) is 0 Å². The number of rotatable bonds is 5.